The second kappa shape index (κ2) is 4.96. The summed E-state index contributed by atoms with van der Waals surface area (Å²) in [5.41, 5.74) is -2.08. The Morgan fingerprint density at radius 2 is 1.78 bits per heavy atom. The Labute approximate surface area is 131 Å². The van der Waals surface area contributed by atoms with Gasteiger partial charge in [0.05, 0.1) is 16.1 Å². The fourth-order valence-electron chi connectivity index (χ4n) is 2.42. The van der Waals surface area contributed by atoms with E-state index >= 15 is 0 Å². The molecule has 0 amide bonds. The number of hydrogen-bond donors (Lipinski definition) is 3. The quantitative estimate of drug-likeness (QED) is 0.581. The molecule has 0 saturated heterocycles. The molecule has 0 saturated carbocycles. The van der Waals surface area contributed by atoms with E-state index in [-0.39, 0.29) is 26.8 Å². The highest BCUT2D eigenvalue weighted by molar-refractivity contribution is 6.40. The first-order chi connectivity index (χ1) is 10.8. The molecule has 0 unspecified atom stereocenters. The van der Waals surface area contributed by atoms with E-state index in [9.17, 15) is 24.3 Å². The first-order valence-electron chi connectivity index (χ1n) is 6.19. The lowest BCUT2D eigenvalue weighted by molar-refractivity contribution is 0.0684. The van der Waals surface area contributed by atoms with E-state index in [0.29, 0.717) is 10.6 Å². The van der Waals surface area contributed by atoms with E-state index in [1.165, 1.54) is 18.3 Å². The van der Waals surface area contributed by atoms with Crippen molar-refractivity contribution in [3.05, 3.63) is 55.6 Å². The molecule has 0 radical (unpaired) electrons. The molecule has 2 aromatic heterocycles. The van der Waals surface area contributed by atoms with E-state index in [2.05, 4.69) is 4.98 Å². The largest absolute Gasteiger partial charge is 0.477 e. The van der Waals surface area contributed by atoms with Gasteiger partial charge < -0.3 is 15.2 Å². The molecule has 0 aliphatic rings. The van der Waals surface area contributed by atoms with Crippen LogP contribution in [0, 0.1) is 0 Å². The molecule has 0 bridgehead atoms. The number of aromatic nitrogens is 2. The van der Waals surface area contributed by atoms with Gasteiger partial charge in [-0.3, -0.25) is 9.59 Å². The highest BCUT2D eigenvalue weighted by Gasteiger charge is 2.22. The summed E-state index contributed by atoms with van der Waals surface area (Å²) in [5.74, 6) is -1.59. The minimum Gasteiger partial charge on any atom is -0.477 e. The van der Waals surface area contributed by atoms with Crippen molar-refractivity contribution in [3.8, 4) is 0 Å². The third kappa shape index (κ3) is 2.08. The fraction of sp³-hybridized carbons (Fsp3) is 0. The Hall–Kier alpha value is -3.13. The molecule has 3 aromatic rings. The minimum atomic E-state index is -1.62. The Morgan fingerprint density at radius 3 is 2.39 bits per heavy atom. The van der Waals surface area contributed by atoms with Gasteiger partial charge in [0.15, 0.2) is 10.9 Å². The van der Waals surface area contributed by atoms with Crippen LogP contribution in [0.2, 0.25) is 5.02 Å². The second-order valence-corrected chi connectivity index (χ2v) is 5.05. The molecule has 1 aromatic carbocycles. The van der Waals surface area contributed by atoms with Gasteiger partial charge in [-0.25, -0.2) is 14.2 Å². The molecule has 0 aliphatic carbocycles. The monoisotopic (exact) mass is 334 g/mol. The SMILES string of the molecule is O=C(O)c1cc(=O)c2cc3c(=O)cc[nH]c3c(Cl)c2n1C(=O)O. The Balaban J connectivity index is 2.72. The highest BCUT2D eigenvalue weighted by Crippen LogP contribution is 2.29. The van der Waals surface area contributed by atoms with Gasteiger partial charge in [0.1, 0.15) is 5.69 Å². The number of pyridine rings is 2. The fourth-order valence-corrected chi connectivity index (χ4v) is 2.76. The number of fused-ring (bicyclic) bond motifs is 2. The number of hydrogen-bond acceptors (Lipinski definition) is 4. The standard InChI is InChI=1S/C14H7ClN2O6/c15-10-11-5(8(18)1-2-16-11)3-6-9(19)4-7(13(20)21)17(12(6)10)14(22)23/h1-4H,(H,16,18)(H,20,21)(H,22,23). The summed E-state index contributed by atoms with van der Waals surface area (Å²) in [7, 11) is 0. The van der Waals surface area contributed by atoms with Gasteiger partial charge in [0, 0.05) is 29.1 Å². The van der Waals surface area contributed by atoms with E-state index < -0.39 is 28.6 Å². The van der Waals surface area contributed by atoms with Gasteiger partial charge in [0.25, 0.3) is 0 Å². The first-order valence-corrected chi connectivity index (χ1v) is 6.57. The molecular weight excluding hydrogens is 328 g/mol. The number of aromatic carboxylic acids is 1. The number of aromatic amines is 1. The van der Waals surface area contributed by atoms with E-state index in [1.807, 2.05) is 0 Å². The number of H-pyrrole nitrogens is 1. The minimum absolute atomic E-state index is 0.0992. The van der Waals surface area contributed by atoms with Crippen molar-refractivity contribution >= 4 is 45.5 Å². The number of carboxylic acid groups (broad SMARTS) is 2. The number of halogens is 1. The van der Waals surface area contributed by atoms with Crippen molar-refractivity contribution in [3.63, 3.8) is 0 Å². The topological polar surface area (TPSA) is 129 Å². The summed E-state index contributed by atoms with van der Waals surface area (Å²) in [4.78, 5) is 49.4. The normalized spacial score (nSPS) is 11.0. The van der Waals surface area contributed by atoms with Gasteiger partial charge in [-0.1, -0.05) is 11.6 Å². The zero-order valence-electron chi connectivity index (χ0n) is 11.2. The Morgan fingerprint density at radius 1 is 1.09 bits per heavy atom. The first kappa shape index (κ1) is 14.8. The van der Waals surface area contributed by atoms with Crippen LogP contribution in [0.3, 0.4) is 0 Å². The van der Waals surface area contributed by atoms with Gasteiger partial charge >= 0.3 is 12.1 Å². The van der Waals surface area contributed by atoms with Crippen LogP contribution in [0.15, 0.2) is 34.0 Å². The van der Waals surface area contributed by atoms with Crippen molar-refractivity contribution in [1.82, 2.24) is 9.55 Å². The van der Waals surface area contributed by atoms with Gasteiger partial charge in [0.2, 0.25) is 0 Å². The Bertz CT molecular complexity index is 1130. The van der Waals surface area contributed by atoms with Crippen molar-refractivity contribution in [2.45, 2.75) is 0 Å². The van der Waals surface area contributed by atoms with Crippen LogP contribution < -0.4 is 10.9 Å². The average Bonchev–Trinajstić information content (AvgIpc) is 2.48. The molecular formula is C14H7ClN2O6. The number of benzene rings is 1. The summed E-state index contributed by atoms with van der Waals surface area (Å²) >= 11 is 6.16. The number of carbonyl (C=O) groups is 2. The zero-order chi connectivity index (χ0) is 16.9. The van der Waals surface area contributed by atoms with Crippen molar-refractivity contribution in [1.29, 1.82) is 0 Å². The molecule has 8 nitrogen and oxygen atoms in total. The van der Waals surface area contributed by atoms with Crippen LogP contribution in [0.4, 0.5) is 4.79 Å². The lowest BCUT2D eigenvalue weighted by atomic mass is 10.1. The maximum absolute atomic E-state index is 12.1. The summed E-state index contributed by atoms with van der Waals surface area (Å²) in [6.45, 7) is 0. The predicted octanol–water partition coefficient (Wildman–Crippen LogP) is 1.72. The summed E-state index contributed by atoms with van der Waals surface area (Å²) in [6.07, 6.45) is -0.306. The van der Waals surface area contributed by atoms with E-state index in [4.69, 9.17) is 16.7 Å². The summed E-state index contributed by atoms with van der Waals surface area (Å²) in [6, 6.07) is 3.10. The van der Waals surface area contributed by atoms with Crippen LogP contribution in [0.25, 0.3) is 21.8 Å². The van der Waals surface area contributed by atoms with Crippen LogP contribution in [0.5, 0.6) is 0 Å². The van der Waals surface area contributed by atoms with Gasteiger partial charge in [-0.2, -0.15) is 0 Å². The highest BCUT2D eigenvalue weighted by atomic mass is 35.5. The number of carboxylic acids is 1. The second-order valence-electron chi connectivity index (χ2n) is 4.67. The molecule has 0 atom stereocenters. The third-order valence-electron chi connectivity index (χ3n) is 3.38. The van der Waals surface area contributed by atoms with Crippen LogP contribution in [-0.4, -0.2) is 31.8 Å². The van der Waals surface area contributed by atoms with Crippen molar-refractivity contribution in [2.75, 3.05) is 0 Å². The summed E-state index contributed by atoms with van der Waals surface area (Å²) in [5, 5.41) is 18.2. The summed E-state index contributed by atoms with van der Waals surface area (Å²) < 4.78 is 0.409. The smallest absolute Gasteiger partial charge is 0.416 e. The average molecular weight is 335 g/mol. The van der Waals surface area contributed by atoms with Gasteiger partial charge in [-0.05, 0) is 6.07 Å². The number of nitrogens with one attached hydrogen (secondary N) is 1. The molecule has 3 rings (SSSR count). The van der Waals surface area contributed by atoms with E-state index in [0.717, 1.165) is 0 Å². The van der Waals surface area contributed by atoms with Crippen LogP contribution in [-0.2, 0) is 0 Å². The number of rotatable bonds is 1. The van der Waals surface area contributed by atoms with Crippen LogP contribution >= 0.6 is 11.6 Å². The molecule has 23 heavy (non-hydrogen) atoms. The molecule has 0 aliphatic heterocycles. The molecule has 9 heteroatoms. The van der Waals surface area contributed by atoms with E-state index in [1.54, 1.807) is 0 Å². The molecule has 0 fully saturated rings. The predicted molar refractivity (Wildman–Crippen MR) is 81.7 cm³/mol. The van der Waals surface area contributed by atoms with Crippen molar-refractivity contribution < 1.29 is 19.8 Å². The maximum Gasteiger partial charge on any atom is 0.416 e. The maximum atomic E-state index is 12.1. The molecule has 2 heterocycles. The van der Waals surface area contributed by atoms with Crippen LogP contribution in [0.1, 0.15) is 10.5 Å². The zero-order valence-corrected chi connectivity index (χ0v) is 11.9. The van der Waals surface area contributed by atoms with Crippen molar-refractivity contribution in [2.24, 2.45) is 0 Å². The molecule has 3 N–H and O–H groups in total. The molecule has 0 spiro atoms. The van der Waals surface area contributed by atoms with Gasteiger partial charge in [-0.15, -0.1) is 0 Å². The molecule has 116 valence electrons. The Kier molecular flexibility index (Phi) is 3.19. The lowest BCUT2D eigenvalue weighted by Gasteiger charge is -2.12. The third-order valence-corrected chi connectivity index (χ3v) is 3.74. The number of nitrogens with zero attached hydrogens (tertiary/aromatic N) is 1. The lowest BCUT2D eigenvalue weighted by Crippen LogP contribution is -2.23.